The second-order valence-corrected chi connectivity index (χ2v) is 10.4. The first-order chi connectivity index (χ1) is 15.6. The summed E-state index contributed by atoms with van der Waals surface area (Å²) >= 11 is 3.01. The van der Waals surface area contributed by atoms with E-state index in [1.54, 1.807) is 6.92 Å². The second kappa shape index (κ2) is 9.15. The Morgan fingerprint density at radius 1 is 1.19 bits per heavy atom. The molecule has 1 amide bonds. The van der Waals surface area contributed by atoms with Crippen molar-refractivity contribution in [2.45, 2.75) is 64.4 Å². The van der Waals surface area contributed by atoms with E-state index in [9.17, 15) is 9.59 Å². The molecule has 1 N–H and O–H groups in total. The summed E-state index contributed by atoms with van der Waals surface area (Å²) < 4.78 is 11.4. The number of hydrogen-bond donors (Lipinski definition) is 1. The van der Waals surface area contributed by atoms with Crippen LogP contribution in [0.5, 0.6) is 0 Å². The number of thiophene rings is 2. The number of ether oxygens (including phenoxy) is 1. The highest BCUT2D eigenvalue weighted by Gasteiger charge is 2.32. The summed E-state index contributed by atoms with van der Waals surface area (Å²) in [6, 6.07) is 3.81. The Kier molecular flexibility index (Phi) is 6.10. The maximum absolute atomic E-state index is 13.2. The minimum Gasteiger partial charge on any atom is -0.449 e. The van der Waals surface area contributed by atoms with Gasteiger partial charge in [0.15, 0.2) is 6.10 Å². The number of rotatable bonds is 6. The zero-order chi connectivity index (χ0) is 22.1. The molecular formula is C23H25N3O4S2. The molecule has 3 aromatic heterocycles. The molecule has 1 atom stereocenters. The highest BCUT2D eigenvalue weighted by molar-refractivity contribution is 7.17. The van der Waals surface area contributed by atoms with Crippen molar-refractivity contribution in [2.24, 2.45) is 5.92 Å². The Morgan fingerprint density at radius 3 is 2.81 bits per heavy atom. The number of aromatic nitrogens is 2. The molecule has 32 heavy (non-hydrogen) atoms. The molecule has 7 nitrogen and oxygen atoms in total. The van der Waals surface area contributed by atoms with Gasteiger partial charge in [0.1, 0.15) is 5.00 Å². The summed E-state index contributed by atoms with van der Waals surface area (Å²) in [6.07, 6.45) is 7.28. The first-order valence-corrected chi connectivity index (χ1v) is 12.8. The Balaban J connectivity index is 1.33. The summed E-state index contributed by atoms with van der Waals surface area (Å²) in [5.41, 5.74) is 1.51. The molecule has 2 aliphatic rings. The van der Waals surface area contributed by atoms with Gasteiger partial charge >= 0.3 is 5.97 Å². The quantitative estimate of drug-likeness (QED) is 0.458. The Labute approximate surface area is 194 Å². The van der Waals surface area contributed by atoms with Crippen LogP contribution >= 0.6 is 22.7 Å². The van der Waals surface area contributed by atoms with Crippen molar-refractivity contribution in [2.75, 3.05) is 5.32 Å². The lowest BCUT2D eigenvalue weighted by molar-refractivity contribution is -0.120. The lowest BCUT2D eigenvalue weighted by atomic mass is 9.89. The fourth-order valence-electron chi connectivity index (χ4n) is 4.46. The van der Waals surface area contributed by atoms with E-state index in [4.69, 9.17) is 9.15 Å². The average molecular weight is 472 g/mol. The van der Waals surface area contributed by atoms with Crippen LogP contribution in [0.4, 0.5) is 5.00 Å². The highest BCUT2D eigenvalue weighted by Crippen LogP contribution is 2.41. The molecule has 0 aromatic carbocycles. The van der Waals surface area contributed by atoms with Crippen molar-refractivity contribution >= 4 is 39.6 Å². The fraction of sp³-hybridized carbons (Fsp3) is 0.478. The van der Waals surface area contributed by atoms with Crippen LogP contribution in [-0.2, 0) is 22.4 Å². The number of carbonyl (C=O) groups excluding carboxylic acids is 2. The van der Waals surface area contributed by atoms with E-state index in [0.29, 0.717) is 16.5 Å². The number of nitrogens with one attached hydrogen (secondary N) is 1. The van der Waals surface area contributed by atoms with Gasteiger partial charge < -0.3 is 14.5 Å². The Morgan fingerprint density at radius 2 is 2.03 bits per heavy atom. The number of fused-ring (bicyclic) bond motifs is 1. The van der Waals surface area contributed by atoms with Gasteiger partial charge in [-0.15, -0.1) is 32.9 Å². The third kappa shape index (κ3) is 4.23. The van der Waals surface area contributed by atoms with E-state index in [1.807, 2.05) is 17.5 Å². The van der Waals surface area contributed by atoms with Crippen LogP contribution in [0, 0.1) is 5.92 Å². The standard InChI is InChI=1S/C23H25N3O4S2/c1-13(20-25-26-21(30-20)17-11-6-12-31-17)29-23(28)18-15-9-5-10-16(15)32-22(18)24-19(27)14-7-3-2-4-8-14/h6,11-14H,2-5,7-10H2,1H3,(H,24,27). The average Bonchev–Trinajstić information content (AvgIpc) is 3.58. The van der Waals surface area contributed by atoms with Gasteiger partial charge in [0.05, 0.1) is 10.4 Å². The van der Waals surface area contributed by atoms with Crippen LogP contribution in [0.3, 0.4) is 0 Å². The SMILES string of the molecule is CC(OC(=O)c1c(NC(=O)C2CCCCC2)sc2c1CCC2)c1nnc(-c2cccs2)o1. The van der Waals surface area contributed by atoms with Gasteiger partial charge in [0.25, 0.3) is 11.8 Å². The van der Waals surface area contributed by atoms with Crippen LogP contribution in [0.1, 0.15) is 78.2 Å². The molecule has 3 heterocycles. The zero-order valence-corrected chi connectivity index (χ0v) is 19.5. The minimum atomic E-state index is -0.692. The van der Waals surface area contributed by atoms with Crippen molar-refractivity contribution in [1.82, 2.24) is 10.2 Å². The molecule has 1 saturated carbocycles. The van der Waals surface area contributed by atoms with Crippen molar-refractivity contribution in [3.05, 3.63) is 39.4 Å². The second-order valence-electron chi connectivity index (χ2n) is 8.36. The zero-order valence-electron chi connectivity index (χ0n) is 17.9. The molecule has 0 bridgehead atoms. The largest absolute Gasteiger partial charge is 0.449 e. The summed E-state index contributed by atoms with van der Waals surface area (Å²) in [6.45, 7) is 1.72. The molecule has 3 aromatic rings. The van der Waals surface area contributed by atoms with Crippen LogP contribution in [0.2, 0.25) is 0 Å². The number of anilines is 1. The van der Waals surface area contributed by atoms with E-state index in [1.165, 1.54) is 34.0 Å². The summed E-state index contributed by atoms with van der Waals surface area (Å²) in [5, 5.41) is 13.7. The molecule has 9 heteroatoms. The van der Waals surface area contributed by atoms with Gasteiger partial charge in [-0.1, -0.05) is 25.3 Å². The molecule has 5 rings (SSSR count). The lowest BCUT2D eigenvalue weighted by Crippen LogP contribution is -2.25. The molecule has 0 aliphatic heterocycles. The normalized spacial score (nSPS) is 17.2. The van der Waals surface area contributed by atoms with E-state index in [2.05, 4.69) is 15.5 Å². The first-order valence-electron chi connectivity index (χ1n) is 11.1. The number of hydrogen-bond acceptors (Lipinski definition) is 8. The predicted molar refractivity (Wildman–Crippen MR) is 123 cm³/mol. The van der Waals surface area contributed by atoms with Gasteiger partial charge in [0.2, 0.25) is 5.91 Å². The molecule has 1 unspecified atom stereocenters. The minimum absolute atomic E-state index is 0.0178. The molecule has 2 aliphatic carbocycles. The number of carbonyl (C=O) groups is 2. The van der Waals surface area contributed by atoms with E-state index < -0.39 is 12.1 Å². The summed E-state index contributed by atoms with van der Waals surface area (Å²) in [4.78, 5) is 28.1. The highest BCUT2D eigenvalue weighted by atomic mass is 32.1. The first kappa shape index (κ1) is 21.3. The Hall–Kier alpha value is -2.52. The number of esters is 1. The molecular weight excluding hydrogens is 446 g/mol. The van der Waals surface area contributed by atoms with Gasteiger partial charge in [-0.2, -0.15) is 0 Å². The predicted octanol–water partition coefficient (Wildman–Crippen LogP) is 5.79. The van der Waals surface area contributed by atoms with Gasteiger partial charge in [-0.05, 0) is 56.0 Å². The van der Waals surface area contributed by atoms with E-state index in [0.717, 1.165) is 55.4 Å². The van der Waals surface area contributed by atoms with Crippen molar-refractivity contribution in [1.29, 1.82) is 0 Å². The summed E-state index contributed by atoms with van der Waals surface area (Å²) in [7, 11) is 0. The van der Waals surface area contributed by atoms with Crippen LogP contribution in [0.25, 0.3) is 10.8 Å². The number of amides is 1. The number of aryl methyl sites for hydroxylation is 1. The number of nitrogens with zero attached hydrogens (tertiary/aromatic N) is 2. The molecule has 0 spiro atoms. The summed E-state index contributed by atoms with van der Waals surface area (Å²) in [5.74, 6) is 0.254. The lowest BCUT2D eigenvalue weighted by Gasteiger charge is -2.20. The smallest absolute Gasteiger partial charge is 0.342 e. The third-order valence-electron chi connectivity index (χ3n) is 6.14. The van der Waals surface area contributed by atoms with Crippen LogP contribution < -0.4 is 5.32 Å². The van der Waals surface area contributed by atoms with Crippen molar-refractivity contribution in [3.8, 4) is 10.8 Å². The topological polar surface area (TPSA) is 94.3 Å². The van der Waals surface area contributed by atoms with Crippen molar-refractivity contribution < 1.29 is 18.7 Å². The molecule has 0 radical (unpaired) electrons. The Bertz CT molecular complexity index is 1110. The molecule has 0 saturated heterocycles. The van der Waals surface area contributed by atoms with Gasteiger partial charge in [-0.3, -0.25) is 4.79 Å². The maximum Gasteiger partial charge on any atom is 0.342 e. The van der Waals surface area contributed by atoms with Crippen LogP contribution in [0.15, 0.2) is 21.9 Å². The van der Waals surface area contributed by atoms with E-state index in [-0.39, 0.29) is 17.7 Å². The third-order valence-corrected chi connectivity index (χ3v) is 8.21. The van der Waals surface area contributed by atoms with Crippen LogP contribution in [-0.4, -0.2) is 22.1 Å². The molecule has 168 valence electrons. The van der Waals surface area contributed by atoms with Crippen molar-refractivity contribution in [3.63, 3.8) is 0 Å². The molecule has 1 fully saturated rings. The fourth-order valence-corrected chi connectivity index (χ4v) is 6.38. The van der Waals surface area contributed by atoms with E-state index >= 15 is 0 Å². The van der Waals surface area contributed by atoms with Gasteiger partial charge in [-0.25, -0.2) is 4.79 Å². The monoisotopic (exact) mass is 471 g/mol. The van der Waals surface area contributed by atoms with Gasteiger partial charge in [0, 0.05) is 10.8 Å². The maximum atomic E-state index is 13.2.